The normalized spacial score (nSPS) is 14.4. The van der Waals surface area contributed by atoms with E-state index in [1.165, 1.54) is 25.0 Å². The van der Waals surface area contributed by atoms with Crippen molar-refractivity contribution in [3.63, 3.8) is 0 Å². The minimum absolute atomic E-state index is 0.135. The monoisotopic (exact) mass is 579 g/mol. The van der Waals surface area contributed by atoms with Crippen LogP contribution >= 0.6 is 11.6 Å². The number of halogens is 4. The number of alkyl halides is 3. The zero-order valence-corrected chi connectivity index (χ0v) is 22.9. The van der Waals surface area contributed by atoms with Gasteiger partial charge in [-0.25, -0.2) is 8.42 Å². The number of carbonyl (C=O) groups excluding carboxylic acids is 1. The van der Waals surface area contributed by atoms with Gasteiger partial charge in [0.15, 0.2) is 0 Å². The third-order valence-corrected chi connectivity index (χ3v) is 8.67. The first-order chi connectivity index (χ1) is 18.4. The minimum atomic E-state index is -4.81. The Balaban J connectivity index is 1.53. The number of hydrogen-bond acceptors (Lipinski definition) is 4. The number of carbonyl (C=O) groups is 1. The summed E-state index contributed by atoms with van der Waals surface area (Å²) >= 11 is 5.75. The average Bonchev–Trinajstić information content (AvgIpc) is 3.40. The lowest BCUT2D eigenvalue weighted by atomic mass is 10.1. The first-order valence-corrected chi connectivity index (χ1v) is 14.3. The topological polar surface area (TPSA) is 69.7 Å². The third kappa shape index (κ3) is 7.32. The Bertz CT molecular complexity index is 1410. The zero-order valence-electron chi connectivity index (χ0n) is 21.3. The maximum Gasteiger partial charge on any atom is 0.417 e. The van der Waals surface area contributed by atoms with Crippen molar-refractivity contribution in [2.45, 2.75) is 43.9 Å². The summed E-state index contributed by atoms with van der Waals surface area (Å²) in [5, 5.41) is 2.10. The van der Waals surface area contributed by atoms with Gasteiger partial charge < -0.3 is 5.32 Å². The summed E-state index contributed by atoms with van der Waals surface area (Å²) in [7, 11) is -4.38. The fourth-order valence-corrected chi connectivity index (χ4v) is 6.02. The summed E-state index contributed by atoms with van der Waals surface area (Å²) in [4.78, 5) is 15.1. The summed E-state index contributed by atoms with van der Waals surface area (Å²) in [5.41, 5.74) is 1.25. The number of nitrogens with one attached hydrogen (secondary N) is 1. The number of aryl methyl sites for hydroxylation is 1. The summed E-state index contributed by atoms with van der Waals surface area (Å²) in [5.74, 6) is -0.671. The quantitative estimate of drug-likeness (QED) is 0.349. The van der Waals surface area contributed by atoms with Gasteiger partial charge in [0, 0.05) is 13.1 Å². The molecule has 1 N–H and O–H groups in total. The molecule has 0 aromatic heterocycles. The van der Waals surface area contributed by atoms with Gasteiger partial charge in [-0.3, -0.25) is 14.0 Å². The number of hydrogen-bond donors (Lipinski definition) is 1. The van der Waals surface area contributed by atoms with Crippen LogP contribution in [-0.2, 0) is 34.1 Å². The molecule has 6 nitrogen and oxygen atoms in total. The molecule has 0 unspecified atom stereocenters. The van der Waals surface area contributed by atoms with E-state index in [1.807, 2.05) is 24.3 Å². The lowest BCUT2D eigenvalue weighted by Gasteiger charge is -2.25. The Labute approximate surface area is 231 Å². The van der Waals surface area contributed by atoms with E-state index >= 15 is 0 Å². The Kier molecular flexibility index (Phi) is 8.88. The highest BCUT2D eigenvalue weighted by molar-refractivity contribution is 7.92. The lowest BCUT2D eigenvalue weighted by Crippen LogP contribution is -2.40. The van der Waals surface area contributed by atoms with Crippen LogP contribution in [0, 0.1) is 6.92 Å². The van der Waals surface area contributed by atoms with Crippen LogP contribution in [0.15, 0.2) is 71.6 Å². The highest BCUT2D eigenvalue weighted by Gasteiger charge is 2.35. The molecule has 0 aliphatic carbocycles. The molecule has 1 heterocycles. The zero-order chi connectivity index (χ0) is 28.2. The SMILES string of the molecule is Cc1ccc(S(=O)(=O)N(CC(=O)NCc2ccc(CN3CCCC3)cc2)c2ccc(Cl)c(C(F)(F)F)c2)cc1. The van der Waals surface area contributed by atoms with Crippen molar-refractivity contribution >= 4 is 33.2 Å². The maximum absolute atomic E-state index is 13.5. The molecule has 1 saturated heterocycles. The van der Waals surface area contributed by atoms with Gasteiger partial charge in [0.1, 0.15) is 6.54 Å². The molecule has 0 radical (unpaired) electrons. The predicted molar refractivity (Wildman–Crippen MR) is 145 cm³/mol. The minimum Gasteiger partial charge on any atom is -0.350 e. The molecule has 39 heavy (non-hydrogen) atoms. The van der Waals surface area contributed by atoms with E-state index in [9.17, 15) is 26.4 Å². The Morgan fingerprint density at radius 3 is 2.21 bits per heavy atom. The Morgan fingerprint density at radius 1 is 0.974 bits per heavy atom. The van der Waals surface area contributed by atoms with Gasteiger partial charge in [0.25, 0.3) is 10.0 Å². The Morgan fingerprint density at radius 2 is 1.59 bits per heavy atom. The molecule has 1 amide bonds. The number of likely N-dealkylation sites (tertiary alicyclic amines) is 1. The molecular formula is C28H29ClF3N3O3S. The molecule has 0 atom stereocenters. The fraction of sp³-hybridized carbons (Fsp3) is 0.321. The second-order valence-corrected chi connectivity index (χ2v) is 11.8. The van der Waals surface area contributed by atoms with Gasteiger partial charge in [0.05, 0.1) is 21.2 Å². The van der Waals surface area contributed by atoms with Crippen molar-refractivity contribution in [2.75, 3.05) is 23.9 Å². The highest BCUT2D eigenvalue weighted by atomic mass is 35.5. The van der Waals surface area contributed by atoms with Crippen LogP contribution in [0.2, 0.25) is 5.02 Å². The number of sulfonamides is 1. The molecule has 4 rings (SSSR count). The molecule has 1 aliphatic rings. The highest BCUT2D eigenvalue weighted by Crippen LogP contribution is 2.38. The molecule has 0 saturated carbocycles. The van der Waals surface area contributed by atoms with E-state index in [0.29, 0.717) is 10.4 Å². The largest absolute Gasteiger partial charge is 0.417 e. The van der Waals surface area contributed by atoms with Gasteiger partial charge >= 0.3 is 6.18 Å². The van der Waals surface area contributed by atoms with Gasteiger partial charge in [0.2, 0.25) is 5.91 Å². The van der Waals surface area contributed by atoms with Gasteiger partial charge in [-0.15, -0.1) is 0 Å². The van der Waals surface area contributed by atoms with Crippen molar-refractivity contribution in [1.29, 1.82) is 0 Å². The lowest BCUT2D eigenvalue weighted by molar-refractivity contribution is -0.137. The van der Waals surface area contributed by atoms with Crippen molar-refractivity contribution in [3.8, 4) is 0 Å². The second-order valence-electron chi connectivity index (χ2n) is 9.56. The van der Waals surface area contributed by atoms with E-state index in [4.69, 9.17) is 11.6 Å². The molecule has 11 heteroatoms. The molecule has 0 spiro atoms. The van der Waals surface area contributed by atoms with E-state index in [1.54, 1.807) is 19.1 Å². The van der Waals surface area contributed by atoms with Crippen molar-refractivity contribution in [3.05, 3.63) is 94.0 Å². The first-order valence-electron chi connectivity index (χ1n) is 12.5. The van der Waals surface area contributed by atoms with Crippen LogP contribution < -0.4 is 9.62 Å². The molecule has 0 bridgehead atoms. The summed E-state index contributed by atoms with van der Waals surface area (Å²) in [6.07, 6.45) is -2.40. The van der Waals surface area contributed by atoms with E-state index < -0.39 is 39.2 Å². The van der Waals surface area contributed by atoms with Crippen molar-refractivity contribution in [1.82, 2.24) is 10.2 Å². The predicted octanol–water partition coefficient (Wildman–Crippen LogP) is 5.77. The average molecular weight is 580 g/mol. The van der Waals surface area contributed by atoms with Crippen LogP contribution in [0.3, 0.4) is 0 Å². The number of nitrogens with zero attached hydrogens (tertiary/aromatic N) is 2. The van der Waals surface area contributed by atoms with Gasteiger partial charge in [-0.1, -0.05) is 53.6 Å². The van der Waals surface area contributed by atoms with Crippen LogP contribution in [0.25, 0.3) is 0 Å². The molecule has 3 aromatic carbocycles. The molecule has 3 aromatic rings. The van der Waals surface area contributed by atoms with E-state index in [0.717, 1.165) is 48.5 Å². The van der Waals surface area contributed by atoms with Crippen LogP contribution in [-0.4, -0.2) is 38.9 Å². The summed E-state index contributed by atoms with van der Waals surface area (Å²) < 4.78 is 68.3. The van der Waals surface area contributed by atoms with Crippen LogP contribution in [0.5, 0.6) is 0 Å². The molecular weight excluding hydrogens is 551 g/mol. The summed E-state index contributed by atoms with van der Waals surface area (Å²) in [6, 6.07) is 16.3. The van der Waals surface area contributed by atoms with Crippen LogP contribution in [0.4, 0.5) is 18.9 Å². The maximum atomic E-state index is 13.5. The number of amides is 1. The number of anilines is 1. The second kappa shape index (κ2) is 12.0. The van der Waals surface area contributed by atoms with Crippen molar-refractivity contribution < 1.29 is 26.4 Å². The van der Waals surface area contributed by atoms with Gasteiger partial charge in [-0.2, -0.15) is 13.2 Å². The number of benzene rings is 3. The fourth-order valence-electron chi connectivity index (χ4n) is 4.39. The molecule has 1 fully saturated rings. The van der Waals surface area contributed by atoms with Gasteiger partial charge in [-0.05, 0) is 74.3 Å². The van der Waals surface area contributed by atoms with E-state index in [-0.39, 0.29) is 17.1 Å². The smallest absolute Gasteiger partial charge is 0.350 e. The standard InChI is InChI=1S/C28H29ClF3N3O3S/c1-20-4-11-24(12-5-20)39(37,38)35(23-10-13-26(29)25(16-23)28(30,31)32)19-27(36)33-17-21-6-8-22(9-7-21)18-34-14-2-3-15-34/h4-13,16H,2-3,14-15,17-19H2,1H3,(H,33,36). The first kappa shape index (κ1) is 28.9. The van der Waals surface area contributed by atoms with Crippen molar-refractivity contribution in [2.24, 2.45) is 0 Å². The van der Waals surface area contributed by atoms with E-state index in [2.05, 4.69) is 10.2 Å². The molecule has 208 valence electrons. The Hall–Kier alpha value is -3.08. The summed E-state index contributed by atoms with van der Waals surface area (Å²) in [6.45, 7) is 4.21. The third-order valence-electron chi connectivity index (χ3n) is 6.56. The molecule has 1 aliphatic heterocycles. The van der Waals surface area contributed by atoms with Crippen LogP contribution in [0.1, 0.15) is 35.1 Å². The number of rotatable bonds is 9.